The molecule has 17 heteroatoms. The van der Waals surface area contributed by atoms with E-state index in [1.54, 1.807) is 0 Å². The first-order valence-corrected chi connectivity index (χ1v) is 8.17. The van der Waals surface area contributed by atoms with Crippen LogP contribution in [0.5, 0.6) is 0 Å². The number of hydrogen-bond donors (Lipinski definition) is 3. The SMILES string of the molecule is O=C([O-])CNCP(=O)([O-])O.O=C([O-])CNCP(=O)([O-])[O-].[Na+].[Na+].[Na+]. The Morgan fingerprint density at radius 1 is 0.826 bits per heavy atom. The van der Waals surface area contributed by atoms with Crippen LogP contribution in [-0.2, 0) is 18.7 Å². The molecule has 0 aliphatic carbocycles. The zero-order valence-electron chi connectivity index (χ0n) is 12.8. The number of hydrogen-bond acceptors (Lipinski definition) is 11. The third-order valence-corrected chi connectivity index (χ3v) is 2.39. The molecule has 0 heterocycles. The molecule has 0 aromatic rings. The Bertz CT molecular complexity index is 375. The summed E-state index contributed by atoms with van der Waals surface area (Å²) in [5.41, 5.74) is 0. The Kier molecular flexibility index (Phi) is 29.8. The molecule has 0 rings (SSSR count). The van der Waals surface area contributed by atoms with Crippen LogP contribution < -0.4 is 124 Å². The molecule has 0 aromatic heterocycles. The minimum absolute atomic E-state index is 0. The minimum Gasteiger partial charge on any atom is -0.810 e. The van der Waals surface area contributed by atoms with Crippen LogP contribution in [0.1, 0.15) is 0 Å². The minimum atomic E-state index is -4.62. The second-order valence-corrected chi connectivity index (χ2v) is 6.29. The summed E-state index contributed by atoms with van der Waals surface area (Å²) in [5.74, 6) is -2.87. The summed E-state index contributed by atoms with van der Waals surface area (Å²) in [5, 5.41) is 23.1. The average molecular weight is 402 g/mol. The number of rotatable bonds is 8. The first-order valence-electron chi connectivity index (χ1n) is 4.68. The van der Waals surface area contributed by atoms with Gasteiger partial charge in [-0.05, 0) is 0 Å². The predicted octanol–water partition coefficient (Wildman–Crippen LogP) is -16.0. The fraction of sp³-hybridized carbons (Fsp3) is 0.667. The summed E-state index contributed by atoms with van der Waals surface area (Å²) in [6.45, 7) is -1.22. The largest absolute Gasteiger partial charge is 1.00 e. The number of carbonyl (C=O) groups is 2. The van der Waals surface area contributed by atoms with Gasteiger partial charge in [-0.1, -0.05) is 7.60 Å². The van der Waals surface area contributed by atoms with Gasteiger partial charge in [-0.3, -0.25) is 0 Å². The Hall–Kier alpha value is 2.16. The average Bonchev–Trinajstić information content (AvgIpc) is 2.12. The van der Waals surface area contributed by atoms with E-state index < -0.39 is 52.8 Å². The van der Waals surface area contributed by atoms with E-state index in [0.29, 0.717) is 0 Å². The van der Waals surface area contributed by atoms with Gasteiger partial charge in [-0.25, -0.2) is 0 Å². The predicted molar refractivity (Wildman–Crippen MR) is 53.2 cm³/mol. The van der Waals surface area contributed by atoms with E-state index >= 15 is 0 Å². The van der Waals surface area contributed by atoms with Crippen molar-refractivity contribution in [1.29, 1.82) is 0 Å². The molecule has 0 fully saturated rings. The van der Waals surface area contributed by atoms with E-state index in [2.05, 4.69) is 0 Å². The number of carboxylic acid groups (broad SMARTS) is 2. The van der Waals surface area contributed by atoms with Gasteiger partial charge in [0, 0.05) is 19.4 Å². The van der Waals surface area contributed by atoms with Gasteiger partial charge < -0.3 is 59.1 Å². The molecule has 23 heavy (non-hydrogen) atoms. The maximum absolute atomic E-state index is 9.92. The van der Waals surface area contributed by atoms with E-state index in [9.17, 15) is 43.6 Å². The number of carbonyl (C=O) groups excluding carboxylic acids is 2. The number of carboxylic acids is 2. The Morgan fingerprint density at radius 3 is 1.35 bits per heavy atom. The van der Waals surface area contributed by atoms with E-state index in [4.69, 9.17) is 4.89 Å². The fourth-order valence-electron chi connectivity index (χ4n) is 0.594. The first kappa shape index (κ1) is 36.1. The van der Waals surface area contributed by atoms with Crippen molar-refractivity contribution in [2.24, 2.45) is 0 Å². The maximum Gasteiger partial charge on any atom is 1.00 e. The van der Waals surface area contributed by atoms with Crippen molar-refractivity contribution in [3.05, 3.63) is 0 Å². The van der Waals surface area contributed by atoms with E-state index in [1.807, 2.05) is 10.6 Å². The van der Waals surface area contributed by atoms with Crippen LogP contribution in [0.3, 0.4) is 0 Å². The molecule has 0 spiro atoms. The quantitative estimate of drug-likeness (QED) is 0.254. The van der Waals surface area contributed by atoms with E-state index in [-0.39, 0.29) is 88.7 Å². The summed E-state index contributed by atoms with van der Waals surface area (Å²) >= 11 is 0. The molecule has 120 valence electrons. The number of nitrogens with one attached hydrogen (secondary N) is 2. The Labute approximate surface area is 198 Å². The maximum atomic E-state index is 9.92. The van der Waals surface area contributed by atoms with Gasteiger partial charge in [-0.15, -0.1) is 0 Å². The van der Waals surface area contributed by atoms with Gasteiger partial charge >= 0.3 is 88.7 Å². The summed E-state index contributed by atoms with van der Waals surface area (Å²) in [6, 6.07) is 0. The molecule has 0 radical (unpaired) electrons. The second kappa shape index (κ2) is 18.9. The van der Waals surface area contributed by atoms with E-state index in [0.717, 1.165) is 0 Å². The van der Waals surface area contributed by atoms with Crippen molar-refractivity contribution < 1.29 is 137 Å². The summed E-state index contributed by atoms with van der Waals surface area (Å²) in [7, 11) is -9.00. The molecular weight excluding hydrogens is 391 g/mol. The van der Waals surface area contributed by atoms with Crippen LogP contribution >= 0.6 is 15.2 Å². The molecule has 1 unspecified atom stereocenters. The van der Waals surface area contributed by atoms with E-state index in [1.165, 1.54) is 0 Å². The molecular formula is C6H11N2Na3O10P2-2. The summed E-state index contributed by atoms with van der Waals surface area (Å²) < 4.78 is 19.7. The van der Waals surface area contributed by atoms with Crippen molar-refractivity contribution in [1.82, 2.24) is 10.6 Å². The molecule has 3 N–H and O–H groups in total. The van der Waals surface area contributed by atoms with Crippen LogP contribution in [0.15, 0.2) is 0 Å². The molecule has 0 saturated carbocycles. The van der Waals surface area contributed by atoms with Crippen LogP contribution in [-0.4, -0.2) is 42.5 Å². The van der Waals surface area contributed by atoms with Crippen molar-refractivity contribution in [3.63, 3.8) is 0 Å². The molecule has 12 nitrogen and oxygen atoms in total. The summed E-state index contributed by atoms with van der Waals surface area (Å²) in [4.78, 5) is 56.8. The van der Waals surface area contributed by atoms with Crippen molar-refractivity contribution >= 4 is 27.1 Å². The molecule has 0 aromatic carbocycles. The third kappa shape index (κ3) is 45.4. The van der Waals surface area contributed by atoms with Gasteiger partial charge in [0.05, 0.1) is 18.2 Å². The molecule has 0 aliphatic heterocycles. The first-order chi connectivity index (χ1) is 8.83. The van der Waals surface area contributed by atoms with Crippen molar-refractivity contribution in [2.75, 3.05) is 25.7 Å². The zero-order chi connectivity index (χ0) is 16.4. The Balaban J connectivity index is -0.0000000831. The van der Waals surface area contributed by atoms with Gasteiger partial charge in [0.2, 0.25) is 0 Å². The molecule has 0 bridgehead atoms. The standard InChI is InChI=1S/2C3H8NO5P.3Na/c2*5-3(6)1-4-2-10(7,8)9;;;/h2*4H,1-2H2,(H,5,6)(H2,7,8,9);;;/q;;3*+1/p-5. The molecule has 1 atom stereocenters. The topological polar surface area (TPSA) is 228 Å². The van der Waals surface area contributed by atoms with Gasteiger partial charge in [0.1, 0.15) is 7.60 Å². The van der Waals surface area contributed by atoms with Crippen molar-refractivity contribution in [2.45, 2.75) is 0 Å². The smallest absolute Gasteiger partial charge is 0.810 e. The molecule has 0 amide bonds. The van der Waals surface area contributed by atoms with Crippen LogP contribution in [0, 0.1) is 0 Å². The van der Waals surface area contributed by atoms with Gasteiger partial charge in [-0.2, -0.15) is 0 Å². The third-order valence-electron chi connectivity index (χ3n) is 1.16. The van der Waals surface area contributed by atoms with Crippen molar-refractivity contribution in [3.8, 4) is 0 Å². The monoisotopic (exact) mass is 402 g/mol. The Morgan fingerprint density at radius 2 is 1.13 bits per heavy atom. The fourth-order valence-corrected chi connectivity index (χ4v) is 1.37. The van der Waals surface area contributed by atoms with Crippen LogP contribution in [0.25, 0.3) is 0 Å². The second-order valence-electron chi connectivity index (χ2n) is 3.16. The molecule has 0 saturated heterocycles. The zero-order valence-corrected chi connectivity index (χ0v) is 20.6. The van der Waals surface area contributed by atoms with Gasteiger partial charge in [0.15, 0.2) is 0 Å². The van der Waals surface area contributed by atoms with Gasteiger partial charge in [0.25, 0.3) is 0 Å². The summed E-state index contributed by atoms with van der Waals surface area (Å²) in [6.07, 6.45) is -1.61. The normalized spacial score (nSPS) is 12.0. The van der Waals surface area contributed by atoms with Crippen LogP contribution in [0.4, 0.5) is 0 Å². The number of aliphatic carboxylic acids is 2. The van der Waals surface area contributed by atoms with Crippen LogP contribution in [0.2, 0.25) is 0 Å². The molecule has 0 aliphatic rings.